The molecule has 5 heteroatoms. The lowest BCUT2D eigenvalue weighted by Gasteiger charge is -2.32. The third kappa shape index (κ3) is 4.46. The lowest BCUT2D eigenvalue weighted by molar-refractivity contribution is 0.296. The van der Waals surface area contributed by atoms with E-state index >= 15 is 0 Å². The number of para-hydroxylation sites is 1. The standard InChI is InChI=1S/C24H23N3O2/c1-18-5-3-4-6-23(18)29-21-11-14-27(17-19-7-8-24(28-2)26-16-19)22(15-21)20-9-12-25-13-10-20/h3-16,22H,17H2,1-2H3. The SMILES string of the molecule is COc1ccc(CN2C=CC(Oc3ccccc3C)=CC2c2ccncc2)cn1. The fourth-order valence-corrected chi connectivity index (χ4v) is 3.27. The van der Waals surface area contributed by atoms with Crippen LogP contribution in [0, 0.1) is 6.92 Å². The second kappa shape index (κ2) is 8.61. The molecular weight excluding hydrogens is 362 g/mol. The lowest BCUT2D eigenvalue weighted by Crippen LogP contribution is -2.25. The largest absolute Gasteiger partial charge is 0.481 e. The first-order valence-corrected chi connectivity index (χ1v) is 9.51. The molecule has 1 aliphatic rings. The number of hydrogen-bond acceptors (Lipinski definition) is 5. The number of aromatic nitrogens is 2. The molecule has 1 atom stereocenters. The maximum Gasteiger partial charge on any atom is 0.212 e. The van der Waals surface area contributed by atoms with Crippen molar-refractivity contribution in [3.8, 4) is 11.6 Å². The van der Waals surface area contributed by atoms with Crippen LogP contribution < -0.4 is 9.47 Å². The Bertz CT molecular complexity index is 1010. The molecule has 1 aromatic carbocycles. The van der Waals surface area contributed by atoms with Gasteiger partial charge in [-0.2, -0.15) is 0 Å². The molecule has 1 aliphatic heterocycles. The number of aryl methyl sites for hydroxylation is 1. The average molecular weight is 385 g/mol. The van der Waals surface area contributed by atoms with Crippen molar-refractivity contribution in [3.63, 3.8) is 0 Å². The van der Waals surface area contributed by atoms with Crippen LogP contribution in [-0.4, -0.2) is 22.0 Å². The molecule has 4 rings (SSSR count). The zero-order valence-corrected chi connectivity index (χ0v) is 16.5. The minimum Gasteiger partial charge on any atom is -0.481 e. The van der Waals surface area contributed by atoms with Gasteiger partial charge in [-0.05, 0) is 54.0 Å². The number of rotatable bonds is 6. The van der Waals surface area contributed by atoms with E-state index in [0.717, 1.165) is 28.2 Å². The third-order valence-corrected chi connectivity index (χ3v) is 4.85. The molecule has 3 heterocycles. The van der Waals surface area contributed by atoms with Crippen molar-refractivity contribution in [1.82, 2.24) is 14.9 Å². The number of hydrogen-bond donors (Lipinski definition) is 0. The number of benzene rings is 1. The highest BCUT2D eigenvalue weighted by molar-refractivity contribution is 5.37. The molecule has 0 saturated heterocycles. The second-order valence-corrected chi connectivity index (χ2v) is 6.86. The number of pyridine rings is 2. The van der Waals surface area contributed by atoms with Gasteiger partial charge in [0, 0.05) is 37.4 Å². The quantitative estimate of drug-likeness (QED) is 0.608. The van der Waals surface area contributed by atoms with E-state index in [9.17, 15) is 0 Å². The van der Waals surface area contributed by atoms with Crippen LogP contribution in [0.4, 0.5) is 0 Å². The zero-order chi connectivity index (χ0) is 20.1. The van der Waals surface area contributed by atoms with E-state index in [1.54, 1.807) is 7.11 Å². The molecule has 0 bridgehead atoms. The van der Waals surface area contributed by atoms with E-state index in [0.29, 0.717) is 12.4 Å². The van der Waals surface area contributed by atoms with E-state index in [1.165, 1.54) is 0 Å². The predicted octanol–water partition coefficient (Wildman–Crippen LogP) is 4.83. The third-order valence-electron chi connectivity index (χ3n) is 4.85. The maximum atomic E-state index is 6.17. The molecule has 0 fully saturated rings. The van der Waals surface area contributed by atoms with Gasteiger partial charge < -0.3 is 14.4 Å². The van der Waals surface area contributed by atoms with Gasteiger partial charge in [0.25, 0.3) is 0 Å². The Morgan fingerprint density at radius 1 is 1.03 bits per heavy atom. The summed E-state index contributed by atoms with van der Waals surface area (Å²) in [4.78, 5) is 10.7. The molecule has 2 aromatic heterocycles. The van der Waals surface area contributed by atoms with Crippen LogP contribution in [0.1, 0.15) is 22.7 Å². The van der Waals surface area contributed by atoms with Crippen molar-refractivity contribution >= 4 is 0 Å². The molecule has 0 amide bonds. The number of nitrogens with zero attached hydrogens (tertiary/aromatic N) is 3. The van der Waals surface area contributed by atoms with Gasteiger partial charge in [0.05, 0.1) is 13.2 Å². The van der Waals surface area contributed by atoms with Crippen molar-refractivity contribution in [1.29, 1.82) is 0 Å². The van der Waals surface area contributed by atoms with Crippen LogP contribution in [0.3, 0.4) is 0 Å². The Kier molecular flexibility index (Phi) is 5.56. The Morgan fingerprint density at radius 2 is 1.86 bits per heavy atom. The molecule has 146 valence electrons. The van der Waals surface area contributed by atoms with Gasteiger partial charge in [-0.25, -0.2) is 4.98 Å². The molecule has 0 N–H and O–H groups in total. The minimum atomic E-state index is 0.0316. The smallest absolute Gasteiger partial charge is 0.212 e. The summed E-state index contributed by atoms with van der Waals surface area (Å²) in [5.41, 5.74) is 3.36. The first kappa shape index (κ1) is 18.7. The van der Waals surface area contributed by atoms with Gasteiger partial charge in [-0.3, -0.25) is 4.98 Å². The monoisotopic (exact) mass is 385 g/mol. The molecule has 0 aliphatic carbocycles. The summed E-state index contributed by atoms with van der Waals surface area (Å²) in [6.45, 7) is 2.76. The van der Waals surface area contributed by atoms with Crippen LogP contribution in [0.15, 0.2) is 91.2 Å². The summed E-state index contributed by atoms with van der Waals surface area (Å²) >= 11 is 0. The minimum absolute atomic E-state index is 0.0316. The van der Waals surface area contributed by atoms with Crippen molar-refractivity contribution in [2.24, 2.45) is 0 Å². The van der Waals surface area contributed by atoms with Crippen LogP contribution in [-0.2, 0) is 6.54 Å². The normalized spacial score (nSPS) is 15.7. The molecular formula is C24H23N3O2. The molecule has 0 saturated carbocycles. The topological polar surface area (TPSA) is 47.5 Å². The molecule has 0 spiro atoms. The summed E-state index contributed by atoms with van der Waals surface area (Å²) in [5, 5.41) is 0. The van der Waals surface area contributed by atoms with E-state index < -0.39 is 0 Å². The van der Waals surface area contributed by atoms with Crippen LogP contribution >= 0.6 is 0 Å². The van der Waals surface area contributed by atoms with E-state index in [2.05, 4.69) is 27.1 Å². The average Bonchev–Trinajstić information content (AvgIpc) is 2.77. The number of ether oxygens (including phenoxy) is 2. The van der Waals surface area contributed by atoms with Crippen molar-refractivity contribution in [2.45, 2.75) is 19.5 Å². The Morgan fingerprint density at radius 3 is 2.59 bits per heavy atom. The summed E-state index contributed by atoms with van der Waals surface area (Å²) in [6.07, 6.45) is 11.7. The first-order chi connectivity index (χ1) is 14.2. The van der Waals surface area contributed by atoms with Gasteiger partial charge in [0.2, 0.25) is 5.88 Å². The van der Waals surface area contributed by atoms with Gasteiger partial charge in [-0.15, -0.1) is 0 Å². The molecule has 29 heavy (non-hydrogen) atoms. The van der Waals surface area contributed by atoms with Crippen molar-refractivity contribution < 1.29 is 9.47 Å². The van der Waals surface area contributed by atoms with Gasteiger partial charge in [-0.1, -0.05) is 24.3 Å². The Labute approximate surface area is 171 Å². The summed E-state index contributed by atoms with van der Waals surface area (Å²) in [6, 6.07) is 16.0. The highest BCUT2D eigenvalue weighted by Crippen LogP contribution is 2.31. The predicted molar refractivity (Wildman–Crippen MR) is 112 cm³/mol. The zero-order valence-electron chi connectivity index (χ0n) is 16.5. The fourth-order valence-electron chi connectivity index (χ4n) is 3.27. The fraction of sp³-hybridized carbons (Fsp3) is 0.167. The van der Waals surface area contributed by atoms with Crippen molar-refractivity contribution in [2.75, 3.05) is 7.11 Å². The molecule has 0 radical (unpaired) electrons. The number of allylic oxidation sites excluding steroid dienone is 1. The van der Waals surface area contributed by atoms with Crippen LogP contribution in [0.2, 0.25) is 0 Å². The van der Waals surface area contributed by atoms with Crippen molar-refractivity contribution in [3.05, 3.63) is 108 Å². The Balaban J connectivity index is 1.59. The van der Waals surface area contributed by atoms with E-state index in [-0.39, 0.29) is 6.04 Å². The summed E-state index contributed by atoms with van der Waals surface area (Å²) < 4.78 is 11.3. The Hall–Kier alpha value is -3.60. The first-order valence-electron chi connectivity index (χ1n) is 9.51. The van der Waals surface area contributed by atoms with Gasteiger partial charge >= 0.3 is 0 Å². The summed E-state index contributed by atoms with van der Waals surface area (Å²) in [5.74, 6) is 2.30. The highest BCUT2D eigenvalue weighted by Gasteiger charge is 2.21. The van der Waals surface area contributed by atoms with Crippen LogP contribution in [0.25, 0.3) is 0 Å². The maximum absolute atomic E-state index is 6.17. The molecule has 5 nitrogen and oxygen atoms in total. The summed E-state index contributed by atoms with van der Waals surface area (Å²) in [7, 11) is 1.62. The molecule has 3 aromatic rings. The van der Waals surface area contributed by atoms with Crippen LogP contribution in [0.5, 0.6) is 11.6 Å². The van der Waals surface area contributed by atoms with Gasteiger partial charge in [0.15, 0.2) is 0 Å². The van der Waals surface area contributed by atoms with Gasteiger partial charge in [0.1, 0.15) is 11.5 Å². The second-order valence-electron chi connectivity index (χ2n) is 6.86. The number of methoxy groups -OCH3 is 1. The van der Waals surface area contributed by atoms with E-state index in [1.807, 2.05) is 80.1 Å². The molecule has 1 unspecified atom stereocenters. The lowest BCUT2D eigenvalue weighted by atomic mass is 10.0. The highest BCUT2D eigenvalue weighted by atomic mass is 16.5. The van der Waals surface area contributed by atoms with E-state index in [4.69, 9.17) is 9.47 Å².